The van der Waals surface area contributed by atoms with Crippen molar-refractivity contribution in [1.29, 1.82) is 0 Å². The van der Waals surface area contributed by atoms with Crippen molar-refractivity contribution >= 4 is 38.4 Å². The number of benzene rings is 2. The Kier molecular flexibility index (Phi) is 3.10. The Morgan fingerprint density at radius 3 is 2.75 bits per heavy atom. The number of rotatable bonds is 2. The summed E-state index contributed by atoms with van der Waals surface area (Å²) in [6.07, 6.45) is 0. The second-order valence-electron chi connectivity index (χ2n) is 4.66. The Morgan fingerprint density at radius 2 is 2.00 bits per heavy atom. The van der Waals surface area contributed by atoms with Gasteiger partial charge in [-0.2, -0.15) is 0 Å². The van der Waals surface area contributed by atoms with Gasteiger partial charge in [-0.3, -0.25) is 4.79 Å². The van der Waals surface area contributed by atoms with Crippen molar-refractivity contribution in [2.45, 2.75) is 6.92 Å². The van der Waals surface area contributed by atoms with Gasteiger partial charge in [-0.25, -0.2) is 0 Å². The average molecular weight is 330 g/mol. The second kappa shape index (κ2) is 4.80. The molecule has 2 aromatic carbocycles. The average Bonchev–Trinajstić information content (AvgIpc) is 2.86. The summed E-state index contributed by atoms with van der Waals surface area (Å²) in [4.78, 5) is 12.5. The van der Waals surface area contributed by atoms with E-state index in [1.807, 2.05) is 25.1 Å². The highest BCUT2D eigenvalue weighted by molar-refractivity contribution is 9.10. The summed E-state index contributed by atoms with van der Waals surface area (Å²) in [6.45, 7) is 1.95. The van der Waals surface area contributed by atoms with Gasteiger partial charge in [-0.15, -0.1) is 0 Å². The topological polar surface area (TPSA) is 56.2 Å². The minimum atomic E-state index is -0.209. The molecule has 0 saturated carbocycles. The Bertz CT molecular complexity index is 820. The van der Waals surface area contributed by atoms with Gasteiger partial charge >= 0.3 is 0 Å². The quantitative estimate of drug-likeness (QED) is 0.562. The second-order valence-corrected chi connectivity index (χ2v) is 5.58. The van der Waals surface area contributed by atoms with E-state index in [0.717, 1.165) is 21.0 Å². The number of furan rings is 1. The molecule has 0 unspecified atom stereocenters. The number of para-hydroxylation sites is 1. The van der Waals surface area contributed by atoms with Crippen molar-refractivity contribution in [3.63, 3.8) is 0 Å². The van der Waals surface area contributed by atoms with Crippen molar-refractivity contribution < 1.29 is 9.21 Å². The maximum Gasteiger partial charge on any atom is 0.230 e. The summed E-state index contributed by atoms with van der Waals surface area (Å²) in [7, 11) is 0. The van der Waals surface area contributed by atoms with Crippen LogP contribution in [-0.2, 0) is 0 Å². The van der Waals surface area contributed by atoms with E-state index in [1.165, 1.54) is 0 Å². The lowest BCUT2D eigenvalue weighted by atomic mass is 10.1. The third kappa shape index (κ3) is 2.12. The third-order valence-corrected chi connectivity index (χ3v) is 3.72. The van der Waals surface area contributed by atoms with Crippen LogP contribution in [0.2, 0.25) is 0 Å². The Morgan fingerprint density at radius 1 is 1.20 bits per heavy atom. The Labute approximate surface area is 124 Å². The first kappa shape index (κ1) is 12.9. The summed E-state index contributed by atoms with van der Waals surface area (Å²) < 4.78 is 6.50. The Balaban J connectivity index is 2.13. The van der Waals surface area contributed by atoms with Gasteiger partial charge in [0.25, 0.3) is 0 Å². The van der Waals surface area contributed by atoms with E-state index in [4.69, 9.17) is 10.2 Å². The van der Waals surface area contributed by atoms with Crippen molar-refractivity contribution in [2.75, 3.05) is 5.73 Å². The standard InChI is InChI=1S/C16H12BrNO2/c1-9-3-2-4-10-7-14(20-16(9)10)15(19)12-8-11(17)5-6-13(12)18/h2-8H,18H2,1H3. The van der Waals surface area contributed by atoms with Gasteiger partial charge in [0, 0.05) is 21.1 Å². The molecule has 20 heavy (non-hydrogen) atoms. The molecule has 0 spiro atoms. The molecule has 3 nitrogen and oxygen atoms in total. The van der Waals surface area contributed by atoms with E-state index >= 15 is 0 Å². The molecule has 0 aliphatic carbocycles. The zero-order chi connectivity index (χ0) is 14.3. The van der Waals surface area contributed by atoms with E-state index < -0.39 is 0 Å². The van der Waals surface area contributed by atoms with Crippen molar-refractivity contribution in [3.05, 3.63) is 63.8 Å². The maximum absolute atomic E-state index is 12.5. The van der Waals surface area contributed by atoms with Gasteiger partial charge in [0.05, 0.1) is 0 Å². The maximum atomic E-state index is 12.5. The molecule has 0 atom stereocenters. The minimum absolute atomic E-state index is 0.209. The molecule has 0 aliphatic rings. The number of nitrogens with two attached hydrogens (primary N) is 1. The fourth-order valence-electron chi connectivity index (χ4n) is 2.18. The van der Waals surface area contributed by atoms with Gasteiger partial charge in [0.1, 0.15) is 5.58 Å². The molecule has 100 valence electrons. The molecule has 1 heterocycles. The number of hydrogen-bond donors (Lipinski definition) is 1. The van der Waals surface area contributed by atoms with E-state index in [0.29, 0.717) is 17.0 Å². The Hall–Kier alpha value is -2.07. The number of nitrogen functional groups attached to an aromatic ring is 1. The predicted octanol–water partition coefficient (Wildman–Crippen LogP) is 4.32. The number of halogens is 1. The van der Waals surface area contributed by atoms with Crippen LogP contribution in [0.1, 0.15) is 21.7 Å². The van der Waals surface area contributed by atoms with Crippen LogP contribution in [0.25, 0.3) is 11.0 Å². The molecular formula is C16H12BrNO2. The number of fused-ring (bicyclic) bond motifs is 1. The van der Waals surface area contributed by atoms with Crippen LogP contribution >= 0.6 is 15.9 Å². The first-order valence-electron chi connectivity index (χ1n) is 6.15. The number of ketones is 1. The van der Waals surface area contributed by atoms with Crippen LogP contribution in [-0.4, -0.2) is 5.78 Å². The molecular weight excluding hydrogens is 318 g/mol. The van der Waals surface area contributed by atoms with Crippen LogP contribution in [0.3, 0.4) is 0 Å². The third-order valence-electron chi connectivity index (χ3n) is 3.22. The summed E-state index contributed by atoms with van der Waals surface area (Å²) in [5.74, 6) is 0.0958. The van der Waals surface area contributed by atoms with Crippen LogP contribution in [0.15, 0.2) is 51.4 Å². The molecule has 1 aromatic heterocycles. The molecule has 2 N–H and O–H groups in total. The molecule has 0 amide bonds. The summed E-state index contributed by atoms with van der Waals surface area (Å²) >= 11 is 3.35. The normalized spacial score (nSPS) is 10.9. The zero-order valence-electron chi connectivity index (χ0n) is 10.8. The largest absolute Gasteiger partial charge is 0.452 e. The lowest BCUT2D eigenvalue weighted by Crippen LogP contribution is -2.04. The smallest absolute Gasteiger partial charge is 0.230 e. The SMILES string of the molecule is Cc1cccc2cc(C(=O)c3cc(Br)ccc3N)oc12. The first-order valence-corrected chi connectivity index (χ1v) is 6.94. The lowest BCUT2D eigenvalue weighted by molar-refractivity contribution is 0.101. The van der Waals surface area contributed by atoms with Crippen LogP contribution in [0, 0.1) is 6.92 Å². The van der Waals surface area contributed by atoms with E-state index in [9.17, 15) is 4.79 Å². The molecule has 0 fully saturated rings. The van der Waals surface area contributed by atoms with Gasteiger partial charge in [-0.05, 0) is 36.8 Å². The number of carbonyl (C=O) groups is 1. The molecule has 0 aliphatic heterocycles. The van der Waals surface area contributed by atoms with Crippen LogP contribution in [0.5, 0.6) is 0 Å². The summed E-state index contributed by atoms with van der Waals surface area (Å²) in [5.41, 5.74) is 8.49. The van der Waals surface area contributed by atoms with E-state index in [-0.39, 0.29) is 5.78 Å². The molecule has 4 heteroatoms. The molecule has 0 bridgehead atoms. The lowest BCUT2D eigenvalue weighted by Gasteiger charge is -2.03. The summed E-state index contributed by atoms with van der Waals surface area (Å²) in [5, 5.41) is 0.918. The molecule has 3 rings (SSSR count). The van der Waals surface area contributed by atoms with Gasteiger partial charge in [0.15, 0.2) is 5.76 Å². The number of hydrogen-bond acceptors (Lipinski definition) is 3. The van der Waals surface area contributed by atoms with E-state index in [1.54, 1.807) is 24.3 Å². The fourth-order valence-corrected chi connectivity index (χ4v) is 2.54. The highest BCUT2D eigenvalue weighted by atomic mass is 79.9. The highest BCUT2D eigenvalue weighted by Crippen LogP contribution is 2.27. The fraction of sp³-hybridized carbons (Fsp3) is 0.0625. The van der Waals surface area contributed by atoms with Crippen LogP contribution in [0.4, 0.5) is 5.69 Å². The van der Waals surface area contributed by atoms with E-state index in [2.05, 4.69) is 15.9 Å². The summed E-state index contributed by atoms with van der Waals surface area (Å²) in [6, 6.07) is 12.8. The molecule has 0 saturated heterocycles. The minimum Gasteiger partial charge on any atom is -0.452 e. The van der Waals surface area contributed by atoms with Gasteiger partial charge in [0.2, 0.25) is 5.78 Å². The number of anilines is 1. The first-order chi connectivity index (χ1) is 9.56. The van der Waals surface area contributed by atoms with Crippen LogP contribution < -0.4 is 5.73 Å². The monoisotopic (exact) mass is 329 g/mol. The van der Waals surface area contributed by atoms with Gasteiger partial charge < -0.3 is 10.2 Å². The van der Waals surface area contributed by atoms with Gasteiger partial charge in [-0.1, -0.05) is 34.1 Å². The van der Waals surface area contributed by atoms with Crippen molar-refractivity contribution in [1.82, 2.24) is 0 Å². The highest BCUT2D eigenvalue weighted by Gasteiger charge is 2.18. The number of aryl methyl sites for hydroxylation is 1. The molecule has 3 aromatic rings. The van der Waals surface area contributed by atoms with Crippen molar-refractivity contribution in [3.8, 4) is 0 Å². The molecule has 0 radical (unpaired) electrons. The predicted molar refractivity (Wildman–Crippen MR) is 82.9 cm³/mol. The number of carbonyl (C=O) groups excluding carboxylic acids is 1. The van der Waals surface area contributed by atoms with Crippen molar-refractivity contribution in [2.24, 2.45) is 0 Å². The zero-order valence-corrected chi connectivity index (χ0v) is 12.4.